The third kappa shape index (κ3) is 5.23. The number of aromatic nitrogens is 2. The zero-order valence-electron chi connectivity index (χ0n) is 24.1. The van der Waals surface area contributed by atoms with Gasteiger partial charge in [0, 0.05) is 88.4 Å². The molecule has 0 spiro atoms. The highest BCUT2D eigenvalue weighted by Gasteiger charge is 2.35. The number of carbonyl (C=O) groups excluding carboxylic acids is 2. The molecule has 4 aliphatic rings. The first-order valence-corrected chi connectivity index (χ1v) is 14.8. The molecule has 220 valence electrons. The Kier molecular flexibility index (Phi) is 7.09. The Labute approximate surface area is 245 Å². The van der Waals surface area contributed by atoms with Crippen molar-refractivity contribution in [2.24, 2.45) is 7.05 Å². The topological polar surface area (TPSA) is 104 Å². The number of allylic oxidation sites excluding steroid dienone is 1. The molecule has 11 nitrogen and oxygen atoms in total. The monoisotopic (exact) mass is 571 g/mol. The number of ether oxygens (including phenoxy) is 2. The molecular formula is C31H37N7O4. The number of carbonyl (C=O) groups is 2. The summed E-state index contributed by atoms with van der Waals surface area (Å²) in [5.41, 5.74) is 3.80. The van der Waals surface area contributed by atoms with Crippen molar-refractivity contribution in [2.45, 2.75) is 25.0 Å². The molecule has 0 saturated carbocycles. The third-order valence-corrected chi connectivity index (χ3v) is 8.77. The Morgan fingerprint density at radius 2 is 1.88 bits per heavy atom. The number of Topliss-reactive ketones (excluding diaryl/α,β-unsaturated/α-hetero) is 1. The van der Waals surface area contributed by atoms with Crippen LogP contribution in [-0.4, -0.2) is 103 Å². The van der Waals surface area contributed by atoms with Crippen LogP contribution in [0.5, 0.6) is 5.75 Å². The van der Waals surface area contributed by atoms with E-state index in [1.54, 1.807) is 18.2 Å². The average molecular weight is 572 g/mol. The van der Waals surface area contributed by atoms with Crippen LogP contribution in [0.1, 0.15) is 28.8 Å². The second-order valence-corrected chi connectivity index (χ2v) is 11.8. The van der Waals surface area contributed by atoms with Crippen LogP contribution >= 0.6 is 0 Å². The number of benzene rings is 1. The largest absolute Gasteiger partial charge is 0.452 e. The SMILES string of the molecule is CN1CCN(CCNC(=O)Nc2ccc3c(c2)C(=O)/C(=C/c2cn(C)c4nccc(N5CC6CCC(C5)O6)c24)O3)CC1. The summed E-state index contributed by atoms with van der Waals surface area (Å²) in [5, 5.41) is 6.77. The lowest BCUT2D eigenvalue weighted by atomic mass is 10.1. The number of nitrogens with one attached hydrogen (secondary N) is 2. The summed E-state index contributed by atoms with van der Waals surface area (Å²) in [5.74, 6) is 0.523. The molecule has 7 rings (SSSR count). The number of aryl methyl sites for hydroxylation is 1. The molecule has 42 heavy (non-hydrogen) atoms. The van der Waals surface area contributed by atoms with Crippen LogP contribution in [0.2, 0.25) is 0 Å². The lowest BCUT2D eigenvalue weighted by molar-refractivity contribution is 0.0306. The number of likely N-dealkylation sites (N-methyl/N-ethyl adjacent to an activating group) is 1. The minimum atomic E-state index is -0.293. The summed E-state index contributed by atoms with van der Waals surface area (Å²) >= 11 is 0. The van der Waals surface area contributed by atoms with Gasteiger partial charge in [0.25, 0.3) is 0 Å². The molecule has 4 aliphatic heterocycles. The van der Waals surface area contributed by atoms with Gasteiger partial charge in [0.15, 0.2) is 5.76 Å². The van der Waals surface area contributed by atoms with Crippen LogP contribution < -0.4 is 20.3 Å². The van der Waals surface area contributed by atoms with Gasteiger partial charge < -0.3 is 34.5 Å². The molecule has 11 heteroatoms. The van der Waals surface area contributed by atoms with Gasteiger partial charge in [0.1, 0.15) is 11.4 Å². The summed E-state index contributed by atoms with van der Waals surface area (Å²) in [6, 6.07) is 6.92. The minimum Gasteiger partial charge on any atom is -0.452 e. The van der Waals surface area contributed by atoms with E-state index >= 15 is 0 Å². The van der Waals surface area contributed by atoms with Gasteiger partial charge >= 0.3 is 6.03 Å². The number of hydrogen-bond donors (Lipinski definition) is 2. The Morgan fingerprint density at radius 3 is 2.67 bits per heavy atom. The van der Waals surface area contributed by atoms with Crippen LogP contribution in [-0.2, 0) is 11.8 Å². The molecule has 3 fully saturated rings. The number of amides is 2. The van der Waals surface area contributed by atoms with Crippen LogP contribution in [0, 0.1) is 0 Å². The summed E-state index contributed by atoms with van der Waals surface area (Å²) in [7, 11) is 4.09. The summed E-state index contributed by atoms with van der Waals surface area (Å²) in [6.07, 6.45) is 8.34. The molecule has 0 radical (unpaired) electrons. The molecule has 2 atom stereocenters. The van der Waals surface area contributed by atoms with Gasteiger partial charge in [0.05, 0.1) is 23.5 Å². The quantitative estimate of drug-likeness (QED) is 0.436. The molecule has 2 aromatic heterocycles. The van der Waals surface area contributed by atoms with Gasteiger partial charge in [0.2, 0.25) is 5.78 Å². The van der Waals surface area contributed by atoms with Gasteiger partial charge in [-0.1, -0.05) is 0 Å². The van der Waals surface area contributed by atoms with Crippen molar-refractivity contribution < 1.29 is 19.1 Å². The molecule has 2 N–H and O–H groups in total. The predicted molar refractivity (Wildman–Crippen MR) is 161 cm³/mol. The number of rotatable bonds is 6. The lowest BCUT2D eigenvalue weighted by Gasteiger charge is -2.34. The highest BCUT2D eigenvalue weighted by molar-refractivity contribution is 6.16. The molecule has 3 aromatic rings. The van der Waals surface area contributed by atoms with Crippen LogP contribution in [0.3, 0.4) is 0 Å². The van der Waals surface area contributed by atoms with E-state index in [-0.39, 0.29) is 29.8 Å². The molecule has 3 saturated heterocycles. The van der Waals surface area contributed by atoms with E-state index in [0.29, 0.717) is 23.5 Å². The maximum Gasteiger partial charge on any atom is 0.319 e. The first-order chi connectivity index (χ1) is 20.4. The number of anilines is 2. The van der Waals surface area contributed by atoms with Crippen molar-refractivity contribution >= 4 is 40.3 Å². The average Bonchev–Trinajstić information content (AvgIpc) is 3.61. The molecule has 2 unspecified atom stereocenters. The smallest absolute Gasteiger partial charge is 0.319 e. The number of urea groups is 1. The fourth-order valence-corrected chi connectivity index (χ4v) is 6.49. The van der Waals surface area contributed by atoms with Gasteiger partial charge in [-0.25, -0.2) is 9.78 Å². The number of ketones is 1. The first kappa shape index (κ1) is 26.9. The molecule has 6 heterocycles. The van der Waals surface area contributed by atoms with E-state index < -0.39 is 0 Å². The fraction of sp³-hybridized carbons (Fsp3) is 0.452. The van der Waals surface area contributed by atoms with Gasteiger partial charge in [-0.05, 0) is 50.2 Å². The normalized spacial score (nSPS) is 23.4. The number of piperazine rings is 1. The van der Waals surface area contributed by atoms with Gasteiger partial charge in [-0.3, -0.25) is 9.69 Å². The van der Waals surface area contributed by atoms with Crippen molar-refractivity contribution in [2.75, 3.05) is 69.6 Å². The first-order valence-electron chi connectivity index (χ1n) is 14.8. The Balaban J connectivity index is 1.06. The second-order valence-electron chi connectivity index (χ2n) is 11.8. The lowest BCUT2D eigenvalue weighted by Crippen LogP contribution is -2.47. The van der Waals surface area contributed by atoms with Gasteiger partial charge in [-0.2, -0.15) is 0 Å². The van der Waals surface area contributed by atoms with E-state index in [4.69, 9.17) is 9.47 Å². The molecule has 2 amide bonds. The maximum atomic E-state index is 13.5. The zero-order chi connectivity index (χ0) is 28.8. The van der Waals surface area contributed by atoms with Crippen LogP contribution in [0.25, 0.3) is 17.1 Å². The predicted octanol–water partition coefficient (Wildman–Crippen LogP) is 2.93. The van der Waals surface area contributed by atoms with E-state index in [1.807, 2.05) is 30.1 Å². The van der Waals surface area contributed by atoms with Crippen molar-refractivity contribution in [1.82, 2.24) is 24.7 Å². The van der Waals surface area contributed by atoms with Crippen LogP contribution in [0.4, 0.5) is 16.2 Å². The zero-order valence-corrected chi connectivity index (χ0v) is 24.1. The van der Waals surface area contributed by atoms with Crippen molar-refractivity contribution in [1.29, 1.82) is 0 Å². The second kappa shape index (κ2) is 11.0. The standard InChI is InChI=1S/C31H37N7O4/c1-35-11-13-37(14-12-35)10-9-33-31(40)34-21-3-6-26-24(16-21)29(39)27(42-26)15-20-17-36(2)30-28(20)25(7-8-32-30)38-18-22-4-5-23(19-38)41-22/h3,6-8,15-17,22-23H,4-5,9-14,18-19H2,1-2H3,(H2,33,34,40)/b27-15-. The fourth-order valence-electron chi connectivity index (χ4n) is 6.49. The van der Waals surface area contributed by atoms with Crippen molar-refractivity contribution in [3.05, 3.63) is 53.5 Å². The van der Waals surface area contributed by atoms with Crippen LogP contribution in [0.15, 0.2) is 42.4 Å². The number of pyridine rings is 1. The molecule has 0 aliphatic carbocycles. The number of fused-ring (bicyclic) bond motifs is 4. The van der Waals surface area contributed by atoms with Crippen molar-refractivity contribution in [3.63, 3.8) is 0 Å². The summed E-state index contributed by atoms with van der Waals surface area (Å²) in [6.45, 7) is 7.16. The van der Waals surface area contributed by atoms with E-state index in [2.05, 4.69) is 43.4 Å². The maximum absolute atomic E-state index is 13.5. The molecule has 2 bridgehead atoms. The highest BCUT2D eigenvalue weighted by Crippen LogP contribution is 2.38. The number of nitrogens with zero attached hydrogens (tertiary/aromatic N) is 5. The molecular weight excluding hydrogens is 534 g/mol. The highest BCUT2D eigenvalue weighted by atomic mass is 16.5. The van der Waals surface area contributed by atoms with Crippen molar-refractivity contribution in [3.8, 4) is 5.75 Å². The Bertz CT molecular complexity index is 1550. The summed E-state index contributed by atoms with van der Waals surface area (Å²) < 4.78 is 14.1. The molecule has 1 aromatic carbocycles. The van der Waals surface area contributed by atoms with Gasteiger partial charge in [-0.15, -0.1) is 0 Å². The Hall–Kier alpha value is -3.93. The van der Waals surface area contributed by atoms with E-state index in [9.17, 15) is 9.59 Å². The summed E-state index contributed by atoms with van der Waals surface area (Å²) in [4.78, 5) is 37.7. The third-order valence-electron chi connectivity index (χ3n) is 8.77. The number of morpholine rings is 1. The number of hydrogen-bond acceptors (Lipinski definition) is 8. The minimum absolute atomic E-state index is 0.212. The van der Waals surface area contributed by atoms with E-state index in [1.165, 1.54) is 0 Å². The van der Waals surface area contributed by atoms with E-state index in [0.717, 1.165) is 80.9 Å². The Morgan fingerprint density at radius 1 is 1.10 bits per heavy atom.